The summed E-state index contributed by atoms with van der Waals surface area (Å²) in [6.07, 6.45) is 5.19. The van der Waals surface area contributed by atoms with Crippen LogP contribution in [0.4, 0.5) is 11.6 Å². The summed E-state index contributed by atoms with van der Waals surface area (Å²) >= 11 is 0. The number of nitrogens with zero attached hydrogens (tertiary/aromatic N) is 3. The maximum Gasteiger partial charge on any atom is 0.136 e. The maximum absolute atomic E-state index is 4.62. The maximum atomic E-state index is 4.62. The molecule has 19 heavy (non-hydrogen) atoms. The second-order valence-corrected chi connectivity index (χ2v) is 5.66. The monoisotopic (exact) mass is 261 g/mol. The fourth-order valence-electron chi connectivity index (χ4n) is 2.27. The Morgan fingerprint density at radius 3 is 2.58 bits per heavy atom. The summed E-state index contributed by atoms with van der Waals surface area (Å²) in [6, 6.07) is 2.81. The Kier molecular flexibility index (Phi) is 3.55. The molecule has 1 aromatic heterocycles. The van der Waals surface area contributed by atoms with Gasteiger partial charge >= 0.3 is 0 Å². The van der Waals surface area contributed by atoms with Gasteiger partial charge in [-0.15, -0.1) is 0 Å². The highest BCUT2D eigenvalue weighted by Crippen LogP contribution is 2.38. The second kappa shape index (κ2) is 5.33. The molecule has 0 unspecified atom stereocenters. The van der Waals surface area contributed by atoms with Crippen LogP contribution in [0, 0.1) is 0 Å². The van der Waals surface area contributed by atoms with Crippen molar-refractivity contribution in [1.29, 1.82) is 0 Å². The SMILES string of the molecule is CNc1cc(NCCN(C)C2CC2)nc(C2CC2)n1. The van der Waals surface area contributed by atoms with Crippen LogP contribution in [0.2, 0.25) is 0 Å². The Balaban J connectivity index is 1.57. The normalized spacial score (nSPS) is 18.7. The molecule has 0 aliphatic heterocycles. The van der Waals surface area contributed by atoms with Crippen molar-refractivity contribution in [3.05, 3.63) is 11.9 Å². The molecule has 1 heterocycles. The molecule has 5 nitrogen and oxygen atoms in total. The van der Waals surface area contributed by atoms with Crippen LogP contribution in [0.1, 0.15) is 37.4 Å². The molecular formula is C14H23N5. The molecule has 3 rings (SSSR count). The molecule has 0 radical (unpaired) electrons. The van der Waals surface area contributed by atoms with E-state index in [0.717, 1.165) is 36.6 Å². The van der Waals surface area contributed by atoms with Gasteiger partial charge < -0.3 is 15.5 Å². The number of rotatable bonds is 7. The summed E-state index contributed by atoms with van der Waals surface area (Å²) < 4.78 is 0. The Morgan fingerprint density at radius 2 is 1.95 bits per heavy atom. The van der Waals surface area contributed by atoms with Gasteiger partial charge in [0.05, 0.1) is 0 Å². The molecule has 0 atom stereocenters. The summed E-state index contributed by atoms with van der Waals surface area (Å²) in [7, 11) is 4.11. The largest absolute Gasteiger partial charge is 0.373 e. The lowest BCUT2D eigenvalue weighted by atomic mass is 10.3. The van der Waals surface area contributed by atoms with E-state index in [2.05, 4.69) is 32.5 Å². The Hall–Kier alpha value is -1.36. The molecule has 2 fully saturated rings. The van der Waals surface area contributed by atoms with E-state index in [1.807, 2.05) is 13.1 Å². The minimum atomic E-state index is 0.586. The van der Waals surface area contributed by atoms with E-state index in [-0.39, 0.29) is 0 Å². The van der Waals surface area contributed by atoms with Crippen LogP contribution in [0.5, 0.6) is 0 Å². The quantitative estimate of drug-likeness (QED) is 0.785. The highest BCUT2D eigenvalue weighted by Gasteiger charge is 2.27. The molecule has 2 saturated carbocycles. The van der Waals surface area contributed by atoms with E-state index < -0.39 is 0 Å². The molecule has 2 aliphatic carbocycles. The van der Waals surface area contributed by atoms with Crippen molar-refractivity contribution in [1.82, 2.24) is 14.9 Å². The molecule has 0 amide bonds. The molecule has 0 bridgehead atoms. The second-order valence-electron chi connectivity index (χ2n) is 5.66. The molecule has 5 heteroatoms. The lowest BCUT2D eigenvalue weighted by Crippen LogP contribution is -2.27. The van der Waals surface area contributed by atoms with E-state index in [9.17, 15) is 0 Å². The fraction of sp³-hybridized carbons (Fsp3) is 0.714. The van der Waals surface area contributed by atoms with Crippen molar-refractivity contribution in [2.45, 2.75) is 37.6 Å². The van der Waals surface area contributed by atoms with Gasteiger partial charge in [-0.2, -0.15) is 0 Å². The van der Waals surface area contributed by atoms with Gasteiger partial charge in [0, 0.05) is 38.2 Å². The number of aromatic nitrogens is 2. The molecule has 0 aromatic carbocycles. The summed E-state index contributed by atoms with van der Waals surface area (Å²) in [6.45, 7) is 2.01. The first-order valence-corrected chi connectivity index (χ1v) is 7.27. The standard InChI is InChI=1S/C14H23N5/c1-15-12-9-13(18-14(17-12)10-3-4-10)16-7-8-19(2)11-5-6-11/h9-11H,3-8H2,1-2H3,(H2,15,16,17,18). The first-order chi connectivity index (χ1) is 9.26. The summed E-state index contributed by atoms with van der Waals surface area (Å²) in [5, 5.41) is 6.54. The van der Waals surface area contributed by atoms with Crippen LogP contribution in [0.3, 0.4) is 0 Å². The van der Waals surface area contributed by atoms with E-state index in [4.69, 9.17) is 0 Å². The highest BCUT2D eigenvalue weighted by molar-refractivity contribution is 5.47. The van der Waals surface area contributed by atoms with Gasteiger partial charge in [0.1, 0.15) is 17.5 Å². The van der Waals surface area contributed by atoms with Crippen molar-refractivity contribution in [2.24, 2.45) is 0 Å². The van der Waals surface area contributed by atoms with Crippen molar-refractivity contribution in [3.8, 4) is 0 Å². The van der Waals surface area contributed by atoms with Crippen LogP contribution in [-0.2, 0) is 0 Å². The van der Waals surface area contributed by atoms with Gasteiger partial charge in [0.2, 0.25) is 0 Å². The summed E-state index contributed by atoms with van der Waals surface area (Å²) in [5.41, 5.74) is 0. The van der Waals surface area contributed by atoms with Crippen molar-refractivity contribution in [2.75, 3.05) is 37.8 Å². The van der Waals surface area contributed by atoms with Gasteiger partial charge in [0.15, 0.2) is 0 Å². The first kappa shape index (κ1) is 12.7. The van der Waals surface area contributed by atoms with Crippen LogP contribution in [-0.4, -0.2) is 48.1 Å². The predicted molar refractivity (Wildman–Crippen MR) is 77.7 cm³/mol. The number of likely N-dealkylation sites (N-methyl/N-ethyl adjacent to an activating group) is 1. The molecule has 0 saturated heterocycles. The third-order valence-corrected chi connectivity index (χ3v) is 3.88. The van der Waals surface area contributed by atoms with Gasteiger partial charge in [-0.25, -0.2) is 9.97 Å². The molecule has 104 valence electrons. The summed E-state index contributed by atoms with van der Waals surface area (Å²) in [4.78, 5) is 11.6. The number of hydrogen-bond donors (Lipinski definition) is 2. The van der Waals surface area contributed by atoms with E-state index in [1.165, 1.54) is 25.7 Å². The van der Waals surface area contributed by atoms with Crippen LogP contribution >= 0.6 is 0 Å². The van der Waals surface area contributed by atoms with Crippen LogP contribution < -0.4 is 10.6 Å². The van der Waals surface area contributed by atoms with E-state index >= 15 is 0 Å². The predicted octanol–water partition coefficient (Wildman–Crippen LogP) is 1.90. The highest BCUT2D eigenvalue weighted by atomic mass is 15.2. The average molecular weight is 261 g/mol. The average Bonchev–Trinajstić information content (AvgIpc) is 3.31. The lowest BCUT2D eigenvalue weighted by Gasteiger charge is -2.16. The lowest BCUT2D eigenvalue weighted by molar-refractivity contribution is 0.337. The zero-order valence-electron chi connectivity index (χ0n) is 11.8. The Labute approximate surface area is 114 Å². The number of anilines is 2. The third kappa shape index (κ3) is 3.35. The van der Waals surface area contributed by atoms with Crippen LogP contribution in [0.25, 0.3) is 0 Å². The number of hydrogen-bond acceptors (Lipinski definition) is 5. The molecule has 0 spiro atoms. The smallest absolute Gasteiger partial charge is 0.136 e. The fourth-order valence-corrected chi connectivity index (χ4v) is 2.27. The summed E-state index contributed by atoms with van der Waals surface area (Å²) in [5.74, 6) is 3.44. The molecular weight excluding hydrogens is 238 g/mol. The van der Waals surface area contributed by atoms with E-state index in [0.29, 0.717) is 5.92 Å². The van der Waals surface area contributed by atoms with Crippen LogP contribution in [0.15, 0.2) is 6.07 Å². The van der Waals surface area contributed by atoms with Crippen molar-refractivity contribution >= 4 is 11.6 Å². The van der Waals surface area contributed by atoms with E-state index in [1.54, 1.807) is 0 Å². The van der Waals surface area contributed by atoms with Gasteiger partial charge in [-0.05, 0) is 32.7 Å². The minimum absolute atomic E-state index is 0.586. The minimum Gasteiger partial charge on any atom is -0.373 e. The zero-order valence-corrected chi connectivity index (χ0v) is 11.8. The molecule has 1 aromatic rings. The zero-order chi connectivity index (χ0) is 13.2. The Morgan fingerprint density at radius 1 is 1.21 bits per heavy atom. The topological polar surface area (TPSA) is 53.1 Å². The van der Waals surface area contributed by atoms with Gasteiger partial charge in [-0.1, -0.05) is 0 Å². The number of nitrogens with one attached hydrogen (secondary N) is 2. The first-order valence-electron chi connectivity index (χ1n) is 7.27. The van der Waals surface area contributed by atoms with Gasteiger partial charge in [-0.3, -0.25) is 0 Å². The third-order valence-electron chi connectivity index (χ3n) is 3.88. The Bertz CT molecular complexity index is 439. The van der Waals surface area contributed by atoms with Gasteiger partial charge in [0.25, 0.3) is 0 Å². The molecule has 2 aliphatic rings. The van der Waals surface area contributed by atoms with Crippen molar-refractivity contribution in [3.63, 3.8) is 0 Å². The molecule has 2 N–H and O–H groups in total. The van der Waals surface area contributed by atoms with Crippen molar-refractivity contribution < 1.29 is 0 Å².